The molecule has 1 saturated heterocycles. The molecule has 0 N–H and O–H groups in total. The SMILES string of the molecule is CCn1cnnc1C1(c2cc3c(c(N4Cc5c(cc(CN6CCC[C@H](C)C6)cc5C(F)(F)F)C4=O)c2)OCC3)CC2(CC2)C1. The summed E-state index contributed by atoms with van der Waals surface area (Å²) in [5.74, 6) is 1.65. The van der Waals surface area contributed by atoms with Crippen LogP contribution in [0.15, 0.2) is 30.6 Å². The highest BCUT2D eigenvalue weighted by Crippen LogP contribution is 2.71. The van der Waals surface area contributed by atoms with Crippen molar-refractivity contribution in [2.24, 2.45) is 11.3 Å². The van der Waals surface area contributed by atoms with Gasteiger partial charge in [-0.2, -0.15) is 13.2 Å². The first-order valence-corrected chi connectivity index (χ1v) is 16.0. The van der Waals surface area contributed by atoms with Crippen LogP contribution in [-0.4, -0.2) is 45.3 Å². The number of nitrogens with zero attached hydrogens (tertiary/aromatic N) is 5. The van der Waals surface area contributed by atoms with Gasteiger partial charge in [0.05, 0.1) is 29.8 Å². The number of halogens is 3. The summed E-state index contributed by atoms with van der Waals surface area (Å²) in [5, 5.41) is 8.84. The number of carbonyl (C=O) groups is 1. The minimum Gasteiger partial charge on any atom is -0.491 e. The molecule has 2 aliphatic carbocycles. The highest BCUT2D eigenvalue weighted by Gasteiger charge is 2.64. The van der Waals surface area contributed by atoms with Gasteiger partial charge in [0.1, 0.15) is 17.9 Å². The molecule has 44 heavy (non-hydrogen) atoms. The Morgan fingerprint density at radius 3 is 2.68 bits per heavy atom. The molecule has 0 unspecified atom stereocenters. The topological polar surface area (TPSA) is 63.5 Å². The van der Waals surface area contributed by atoms with E-state index in [1.807, 2.05) is 6.07 Å². The lowest BCUT2D eigenvalue weighted by Gasteiger charge is -2.48. The Labute approximate surface area is 255 Å². The first-order chi connectivity index (χ1) is 21.1. The highest BCUT2D eigenvalue weighted by atomic mass is 19.4. The zero-order valence-corrected chi connectivity index (χ0v) is 25.3. The largest absolute Gasteiger partial charge is 0.491 e. The smallest absolute Gasteiger partial charge is 0.416 e. The van der Waals surface area contributed by atoms with Gasteiger partial charge < -0.3 is 14.2 Å². The van der Waals surface area contributed by atoms with Gasteiger partial charge in [-0.15, -0.1) is 10.2 Å². The molecule has 4 heterocycles. The van der Waals surface area contributed by atoms with Crippen LogP contribution in [0.5, 0.6) is 5.75 Å². The van der Waals surface area contributed by atoms with Crippen LogP contribution >= 0.6 is 0 Å². The highest BCUT2D eigenvalue weighted by molar-refractivity contribution is 6.11. The monoisotopic (exact) mass is 605 g/mol. The number of amides is 1. The van der Waals surface area contributed by atoms with Crippen molar-refractivity contribution in [3.8, 4) is 5.75 Å². The van der Waals surface area contributed by atoms with Crippen LogP contribution in [0.3, 0.4) is 0 Å². The molecule has 232 valence electrons. The van der Waals surface area contributed by atoms with Crippen LogP contribution in [0.2, 0.25) is 0 Å². The van der Waals surface area contributed by atoms with Gasteiger partial charge in [-0.3, -0.25) is 9.69 Å². The number of ether oxygens (including phenoxy) is 1. The number of fused-ring (bicyclic) bond motifs is 2. The average molecular weight is 606 g/mol. The summed E-state index contributed by atoms with van der Waals surface area (Å²) in [4.78, 5) is 17.8. The number of rotatable bonds is 6. The lowest BCUT2D eigenvalue weighted by Crippen LogP contribution is -2.45. The fourth-order valence-electron chi connectivity index (χ4n) is 8.57. The van der Waals surface area contributed by atoms with Gasteiger partial charge >= 0.3 is 6.18 Å². The first-order valence-electron chi connectivity index (χ1n) is 16.0. The van der Waals surface area contributed by atoms with Crippen LogP contribution in [0.4, 0.5) is 18.9 Å². The quantitative estimate of drug-likeness (QED) is 0.321. The van der Waals surface area contributed by atoms with Gasteiger partial charge in [0.2, 0.25) is 0 Å². The minimum absolute atomic E-state index is 0.0522. The number of hydrogen-bond acceptors (Lipinski definition) is 5. The maximum Gasteiger partial charge on any atom is 0.416 e. The van der Waals surface area contributed by atoms with E-state index in [0.717, 1.165) is 62.3 Å². The molecule has 3 aromatic rings. The third kappa shape index (κ3) is 4.38. The van der Waals surface area contributed by atoms with Gasteiger partial charge in [0, 0.05) is 31.6 Å². The van der Waals surface area contributed by atoms with E-state index in [1.54, 1.807) is 12.4 Å². The first kappa shape index (κ1) is 28.1. The average Bonchev–Trinajstić information content (AvgIpc) is 3.28. The predicted molar refractivity (Wildman–Crippen MR) is 159 cm³/mol. The zero-order valence-electron chi connectivity index (χ0n) is 25.3. The normalized spacial score (nSPS) is 23.4. The molecule has 7 nitrogen and oxygen atoms in total. The molecule has 2 saturated carbocycles. The van der Waals surface area contributed by atoms with Crippen LogP contribution in [0.25, 0.3) is 0 Å². The Balaban J connectivity index is 1.20. The maximum absolute atomic E-state index is 14.5. The summed E-state index contributed by atoms with van der Waals surface area (Å²) >= 11 is 0. The number of aryl methyl sites for hydroxylation is 1. The van der Waals surface area contributed by atoms with Crippen molar-refractivity contribution in [3.63, 3.8) is 0 Å². The van der Waals surface area contributed by atoms with Crippen molar-refractivity contribution < 1.29 is 22.7 Å². The standard InChI is InChI=1S/C34H38F3N5O2/c1-3-41-20-38-39-31(41)33(18-32(19-33)7-8-32)24-13-23-6-10-44-29(23)28(14-24)42-17-26-25(30(42)43)11-22(12-27(26)34(35,36)37)16-40-9-4-5-21(2)15-40/h11-14,20-21H,3-10,15-19H2,1-2H3/t21-/m0/s1. The number of carbonyl (C=O) groups excluding carboxylic acids is 1. The van der Waals surface area contributed by atoms with Crippen LogP contribution < -0.4 is 9.64 Å². The predicted octanol–water partition coefficient (Wildman–Crippen LogP) is 6.50. The minimum atomic E-state index is -4.56. The van der Waals surface area contributed by atoms with E-state index in [-0.39, 0.29) is 23.1 Å². The summed E-state index contributed by atoms with van der Waals surface area (Å²) in [5.41, 5.74) is 2.64. The fraction of sp³-hybridized carbons (Fsp3) is 0.559. The third-order valence-corrected chi connectivity index (χ3v) is 10.9. The summed E-state index contributed by atoms with van der Waals surface area (Å²) in [6.45, 7) is 7.46. The summed E-state index contributed by atoms with van der Waals surface area (Å²) in [6.07, 6.45) is 4.39. The van der Waals surface area contributed by atoms with Crippen molar-refractivity contribution in [2.45, 2.75) is 90.0 Å². The maximum atomic E-state index is 14.5. The molecule has 10 heteroatoms. The molecule has 3 fully saturated rings. The van der Waals surface area contributed by atoms with E-state index in [2.05, 4.69) is 39.6 Å². The third-order valence-electron chi connectivity index (χ3n) is 10.9. The molecular formula is C34H38F3N5O2. The summed E-state index contributed by atoms with van der Waals surface area (Å²) in [6, 6.07) is 7.15. The number of likely N-dealkylation sites (tertiary alicyclic amines) is 1. The molecule has 0 radical (unpaired) electrons. The van der Waals surface area contributed by atoms with Crippen LogP contribution in [0, 0.1) is 11.3 Å². The molecule has 1 atom stereocenters. The van der Waals surface area contributed by atoms with E-state index in [1.165, 1.54) is 23.8 Å². The Hall–Kier alpha value is -3.40. The zero-order chi connectivity index (χ0) is 30.4. The molecule has 8 rings (SSSR count). The van der Waals surface area contributed by atoms with Crippen LogP contribution in [0.1, 0.15) is 96.4 Å². The Kier molecular flexibility index (Phi) is 6.26. The Bertz CT molecular complexity index is 1650. The van der Waals surface area contributed by atoms with Crippen LogP contribution in [-0.2, 0) is 37.6 Å². The van der Waals surface area contributed by atoms with Crippen molar-refractivity contribution in [1.82, 2.24) is 19.7 Å². The second-order valence-corrected chi connectivity index (χ2v) is 14.0. The fourth-order valence-corrected chi connectivity index (χ4v) is 8.57. The lowest BCUT2D eigenvalue weighted by molar-refractivity contribution is -0.138. The van der Waals surface area contributed by atoms with Gasteiger partial charge in [0.15, 0.2) is 0 Å². The number of aromatic nitrogens is 3. The molecule has 0 bridgehead atoms. The van der Waals surface area contributed by atoms with Crippen molar-refractivity contribution in [2.75, 3.05) is 24.6 Å². The second kappa shape index (κ2) is 9.80. The molecule has 1 amide bonds. The number of anilines is 1. The van der Waals surface area contributed by atoms with E-state index in [4.69, 9.17) is 4.74 Å². The molecular weight excluding hydrogens is 567 g/mol. The lowest BCUT2D eigenvalue weighted by atomic mass is 9.55. The number of benzene rings is 2. The second-order valence-electron chi connectivity index (χ2n) is 14.0. The van der Waals surface area contributed by atoms with Gasteiger partial charge in [0.25, 0.3) is 5.91 Å². The van der Waals surface area contributed by atoms with Crippen molar-refractivity contribution in [1.29, 1.82) is 0 Å². The van der Waals surface area contributed by atoms with Crippen molar-refractivity contribution in [3.05, 3.63) is 69.8 Å². The van der Waals surface area contributed by atoms with Gasteiger partial charge in [-0.05, 0) is 104 Å². The van der Waals surface area contributed by atoms with Gasteiger partial charge in [-0.1, -0.05) is 13.0 Å². The number of hydrogen-bond donors (Lipinski definition) is 0. The Morgan fingerprint density at radius 1 is 1.14 bits per heavy atom. The number of alkyl halides is 3. The molecule has 3 aliphatic heterocycles. The summed E-state index contributed by atoms with van der Waals surface area (Å²) in [7, 11) is 0. The van der Waals surface area contributed by atoms with Gasteiger partial charge in [-0.25, -0.2) is 0 Å². The molecule has 1 spiro atoms. The van der Waals surface area contributed by atoms with Crippen molar-refractivity contribution >= 4 is 11.6 Å². The molecule has 5 aliphatic rings. The number of piperidine rings is 1. The summed E-state index contributed by atoms with van der Waals surface area (Å²) < 4.78 is 51.8. The molecule has 2 aromatic carbocycles. The van der Waals surface area contributed by atoms with E-state index in [0.29, 0.717) is 47.9 Å². The molecule has 1 aromatic heterocycles. The van der Waals surface area contributed by atoms with E-state index in [9.17, 15) is 18.0 Å². The van der Waals surface area contributed by atoms with E-state index >= 15 is 0 Å². The Morgan fingerprint density at radius 2 is 1.95 bits per heavy atom. The van der Waals surface area contributed by atoms with E-state index < -0.39 is 17.6 Å².